The zero-order valence-corrected chi connectivity index (χ0v) is 16.8. The van der Waals surface area contributed by atoms with Crippen LogP contribution in [-0.4, -0.2) is 27.4 Å². The van der Waals surface area contributed by atoms with Crippen LogP contribution in [0.25, 0.3) is 10.9 Å². The van der Waals surface area contributed by atoms with Crippen molar-refractivity contribution in [3.05, 3.63) is 44.3 Å². The number of carbonyl (C=O) groups excluding carboxylic acids is 1. The molecule has 2 rings (SSSR count). The Bertz CT molecular complexity index is 848. The highest BCUT2D eigenvalue weighted by Gasteiger charge is 2.20. The molecule has 0 saturated heterocycles. The summed E-state index contributed by atoms with van der Waals surface area (Å²) >= 11 is 3.40. The summed E-state index contributed by atoms with van der Waals surface area (Å²) in [5.41, 5.74) is 1.34. The number of allylic oxidation sites excluding steroid dienone is 1. The van der Waals surface area contributed by atoms with Crippen molar-refractivity contribution in [3.63, 3.8) is 0 Å². The van der Waals surface area contributed by atoms with Crippen molar-refractivity contribution >= 4 is 51.2 Å². The molecule has 7 heteroatoms. The average Bonchev–Trinajstić information content (AvgIpc) is 2.51. The van der Waals surface area contributed by atoms with E-state index in [1.807, 2.05) is 25.1 Å². The smallest absolute Gasteiger partial charge is 0.319 e. The van der Waals surface area contributed by atoms with E-state index < -0.39 is 5.25 Å². The van der Waals surface area contributed by atoms with Crippen molar-refractivity contribution in [1.29, 1.82) is 0 Å². The molecule has 128 valence electrons. The van der Waals surface area contributed by atoms with Crippen molar-refractivity contribution < 1.29 is 9.53 Å². The maximum atomic E-state index is 12.9. The van der Waals surface area contributed by atoms with E-state index >= 15 is 0 Å². The van der Waals surface area contributed by atoms with E-state index in [4.69, 9.17) is 4.74 Å². The Morgan fingerprint density at radius 2 is 2.21 bits per heavy atom. The van der Waals surface area contributed by atoms with Gasteiger partial charge in [-0.05, 0) is 61.6 Å². The monoisotopic (exact) mass is 458 g/mol. The molecule has 5 nitrogen and oxygen atoms in total. The minimum atomic E-state index is -0.450. The van der Waals surface area contributed by atoms with Gasteiger partial charge in [0.25, 0.3) is 5.56 Å². The highest BCUT2D eigenvalue weighted by Crippen LogP contribution is 2.24. The van der Waals surface area contributed by atoms with E-state index in [2.05, 4.69) is 34.2 Å². The Labute approximate surface area is 158 Å². The third kappa shape index (κ3) is 4.38. The summed E-state index contributed by atoms with van der Waals surface area (Å²) < 4.78 is 7.58. The summed E-state index contributed by atoms with van der Waals surface area (Å²) in [4.78, 5) is 29.3. The molecule has 0 amide bonds. The fourth-order valence-corrected chi connectivity index (χ4v) is 3.54. The molecule has 0 N–H and O–H groups in total. The van der Waals surface area contributed by atoms with Gasteiger partial charge in [0.05, 0.1) is 17.5 Å². The molecule has 24 heavy (non-hydrogen) atoms. The van der Waals surface area contributed by atoms with E-state index in [0.29, 0.717) is 29.2 Å². The van der Waals surface area contributed by atoms with Gasteiger partial charge in [-0.15, -0.1) is 0 Å². The van der Waals surface area contributed by atoms with Gasteiger partial charge in [-0.3, -0.25) is 14.2 Å². The Morgan fingerprint density at radius 1 is 1.50 bits per heavy atom. The topological polar surface area (TPSA) is 61.2 Å². The summed E-state index contributed by atoms with van der Waals surface area (Å²) in [6.07, 6.45) is 0. The molecular weight excluding hydrogens is 439 g/mol. The molecule has 0 fully saturated rings. The van der Waals surface area contributed by atoms with E-state index in [0.717, 1.165) is 9.14 Å². The summed E-state index contributed by atoms with van der Waals surface area (Å²) in [5, 5.41) is 0.614. The van der Waals surface area contributed by atoms with Crippen LogP contribution in [0.4, 0.5) is 0 Å². The molecule has 1 aromatic carbocycles. The molecule has 0 radical (unpaired) electrons. The lowest BCUT2D eigenvalue weighted by Gasteiger charge is -2.15. The Balaban J connectivity index is 2.54. The summed E-state index contributed by atoms with van der Waals surface area (Å²) in [5.74, 6) is -0.318. The van der Waals surface area contributed by atoms with Crippen molar-refractivity contribution in [2.24, 2.45) is 0 Å². The molecular formula is C17H19IN2O3S. The number of carbonyl (C=O) groups is 1. The van der Waals surface area contributed by atoms with Crippen LogP contribution in [0.3, 0.4) is 0 Å². The molecule has 1 atom stereocenters. The number of rotatable bonds is 6. The highest BCUT2D eigenvalue weighted by atomic mass is 127. The normalized spacial score (nSPS) is 12.2. The number of benzene rings is 1. The number of halogens is 1. The van der Waals surface area contributed by atoms with Crippen LogP contribution in [0, 0.1) is 3.57 Å². The second-order valence-electron chi connectivity index (χ2n) is 5.42. The van der Waals surface area contributed by atoms with Crippen LogP contribution in [-0.2, 0) is 16.1 Å². The molecule has 1 unspecified atom stereocenters. The summed E-state index contributed by atoms with van der Waals surface area (Å²) in [6.45, 7) is 9.95. The Kier molecular flexibility index (Phi) is 6.45. The SMILES string of the molecule is C=C(C)Cn1c(SC(C)C(=O)OCC)nc2ccc(I)cc2c1=O. The Morgan fingerprint density at radius 3 is 2.83 bits per heavy atom. The third-order valence-corrected chi connectivity index (χ3v) is 4.95. The van der Waals surface area contributed by atoms with Crippen LogP contribution in [0.5, 0.6) is 0 Å². The minimum Gasteiger partial charge on any atom is -0.465 e. The van der Waals surface area contributed by atoms with Crippen LogP contribution in [0.15, 0.2) is 40.3 Å². The standard InChI is InChI=1S/C17H19IN2O3S/c1-5-23-16(22)11(4)24-17-19-14-7-6-12(18)8-13(14)15(21)20(17)9-10(2)3/h6-8,11H,2,5,9H2,1,3-4H3. The predicted molar refractivity (Wildman–Crippen MR) is 105 cm³/mol. The van der Waals surface area contributed by atoms with Gasteiger partial charge >= 0.3 is 5.97 Å². The highest BCUT2D eigenvalue weighted by molar-refractivity contribution is 14.1. The van der Waals surface area contributed by atoms with Gasteiger partial charge in [0.1, 0.15) is 5.25 Å². The first-order valence-electron chi connectivity index (χ1n) is 7.51. The maximum Gasteiger partial charge on any atom is 0.319 e. The van der Waals surface area contributed by atoms with Gasteiger partial charge in [-0.25, -0.2) is 4.98 Å². The number of fused-ring (bicyclic) bond motifs is 1. The van der Waals surface area contributed by atoms with Gasteiger partial charge in [0.2, 0.25) is 0 Å². The first kappa shape index (κ1) is 19.0. The second kappa shape index (κ2) is 8.15. The lowest BCUT2D eigenvalue weighted by atomic mass is 10.2. The molecule has 0 aliphatic rings. The summed E-state index contributed by atoms with van der Waals surface area (Å²) in [7, 11) is 0. The van der Waals surface area contributed by atoms with Crippen LogP contribution in [0.1, 0.15) is 20.8 Å². The minimum absolute atomic E-state index is 0.125. The lowest BCUT2D eigenvalue weighted by Crippen LogP contribution is -2.26. The average molecular weight is 458 g/mol. The zero-order chi connectivity index (χ0) is 17.9. The second-order valence-corrected chi connectivity index (χ2v) is 7.97. The van der Waals surface area contributed by atoms with Gasteiger partial charge in [-0.2, -0.15) is 0 Å². The number of esters is 1. The van der Waals surface area contributed by atoms with Crippen molar-refractivity contribution in [1.82, 2.24) is 9.55 Å². The third-order valence-electron chi connectivity index (χ3n) is 3.21. The predicted octanol–water partition coefficient (Wildman–Crippen LogP) is 3.62. The van der Waals surface area contributed by atoms with Gasteiger partial charge < -0.3 is 4.74 Å². The quantitative estimate of drug-likeness (QED) is 0.218. The molecule has 0 aliphatic carbocycles. The van der Waals surface area contributed by atoms with Crippen molar-refractivity contribution in [2.45, 2.75) is 37.7 Å². The van der Waals surface area contributed by atoms with E-state index in [9.17, 15) is 9.59 Å². The van der Waals surface area contributed by atoms with Crippen molar-refractivity contribution in [3.8, 4) is 0 Å². The molecule has 0 saturated carbocycles. The van der Waals surface area contributed by atoms with Crippen LogP contribution in [0.2, 0.25) is 0 Å². The number of nitrogens with zero attached hydrogens (tertiary/aromatic N) is 2. The number of thioether (sulfide) groups is 1. The van der Waals surface area contributed by atoms with E-state index in [1.54, 1.807) is 18.4 Å². The van der Waals surface area contributed by atoms with Crippen LogP contribution < -0.4 is 5.56 Å². The molecule has 0 aliphatic heterocycles. The largest absolute Gasteiger partial charge is 0.465 e. The van der Waals surface area contributed by atoms with Gasteiger partial charge in [0.15, 0.2) is 5.16 Å². The fourth-order valence-electron chi connectivity index (χ4n) is 2.14. The number of aromatic nitrogens is 2. The van der Waals surface area contributed by atoms with E-state index in [-0.39, 0.29) is 11.5 Å². The van der Waals surface area contributed by atoms with Gasteiger partial charge in [-0.1, -0.05) is 23.9 Å². The van der Waals surface area contributed by atoms with Gasteiger partial charge in [0, 0.05) is 10.1 Å². The van der Waals surface area contributed by atoms with Crippen LogP contribution >= 0.6 is 34.4 Å². The molecule has 2 aromatic rings. The Hall–Kier alpha value is -1.35. The number of hydrogen-bond donors (Lipinski definition) is 0. The number of ether oxygens (including phenoxy) is 1. The zero-order valence-electron chi connectivity index (χ0n) is 13.8. The molecule has 1 aromatic heterocycles. The first-order valence-corrected chi connectivity index (χ1v) is 9.47. The number of hydrogen-bond acceptors (Lipinski definition) is 5. The van der Waals surface area contributed by atoms with E-state index in [1.165, 1.54) is 11.8 Å². The molecule has 0 bridgehead atoms. The molecule has 1 heterocycles. The fraction of sp³-hybridized carbons (Fsp3) is 0.353. The molecule has 0 spiro atoms. The summed E-state index contributed by atoms with van der Waals surface area (Å²) in [6, 6.07) is 5.55. The van der Waals surface area contributed by atoms with Crippen molar-refractivity contribution in [2.75, 3.05) is 6.61 Å². The lowest BCUT2D eigenvalue weighted by molar-refractivity contribution is -0.142. The first-order chi connectivity index (χ1) is 11.3. The maximum absolute atomic E-state index is 12.9.